The molecular formula is C16H21ClN2O2. The average molecular weight is 309 g/mol. The van der Waals surface area contributed by atoms with Crippen molar-refractivity contribution in [3.8, 4) is 11.5 Å². The molecular weight excluding hydrogens is 288 g/mol. The number of methoxy groups -OCH3 is 2. The van der Waals surface area contributed by atoms with Crippen LogP contribution in [0, 0.1) is 0 Å². The van der Waals surface area contributed by atoms with E-state index in [4.69, 9.17) is 9.47 Å². The van der Waals surface area contributed by atoms with Crippen LogP contribution in [-0.4, -0.2) is 25.7 Å². The highest BCUT2D eigenvalue weighted by molar-refractivity contribution is 5.85. The van der Waals surface area contributed by atoms with E-state index in [-0.39, 0.29) is 12.4 Å². The Morgan fingerprint density at radius 1 is 1.05 bits per heavy atom. The number of nitrogens with one attached hydrogen (secondary N) is 1. The van der Waals surface area contributed by atoms with Gasteiger partial charge in [-0.2, -0.15) is 0 Å². The number of benzene rings is 1. The lowest BCUT2D eigenvalue weighted by atomic mass is 10.1. The zero-order valence-electron chi connectivity index (χ0n) is 12.3. The van der Waals surface area contributed by atoms with Crippen LogP contribution in [0.15, 0.2) is 42.6 Å². The van der Waals surface area contributed by atoms with Gasteiger partial charge in [-0.15, -0.1) is 12.4 Å². The number of hydrogen-bond donors (Lipinski definition) is 1. The molecule has 5 heteroatoms. The molecule has 1 heterocycles. The fraction of sp³-hybridized carbons (Fsp3) is 0.312. The molecule has 0 atom stereocenters. The van der Waals surface area contributed by atoms with Gasteiger partial charge < -0.3 is 14.8 Å². The molecule has 0 spiro atoms. The van der Waals surface area contributed by atoms with Crippen LogP contribution in [0.2, 0.25) is 0 Å². The minimum Gasteiger partial charge on any atom is -0.493 e. The molecule has 114 valence electrons. The molecule has 0 unspecified atom stereocenters. The van der Waals surface area contributed by atoms with Gasteiger partial charge in [-0.1, -0.05) is 12.1 Å². The monoisotopic (exact) mass is 308 g/mol. The van der Waals surface area contributed by atoms with E-state index in [2.05, 4.69) is 16.4 Å². The van der Waals surface area contributed by atoms with Gasteiger partial charge in [0.2, 0.25) is 0 Å². The minimum atomic E-state index is 0. The highest BCUT2D eigenvalue weighted by Crippen LogP contribution is 2.27. The first kappa shape index (κ1) is 17.3. The zero-order valence-corrected chi connectivity index (χ0v) is 13.2. The van der Waals surface area contributed by atoms with Gasteiger partial charge in [-0.3, -0.25) is 4.98 Å². The van der Waals surface area contributed by atoms with Crippen molar-refractivity contribution in [2.45, 2.75) is 13.0 Å². The summed E-state index contributed by atoms with van der Waals surface area (Å²) in [6.45, 7) is 1.68. The molecule has 0 aliphatic carbocycles. The first-order valence-electron chi connectivity index (χ1n) is 6.65. The van der Waals surface area contributed by atoms with Crippen molar-refractivity contribution in [1.29, 1.82) is 0 Å². The van der Waals surface area contributed by atoms with E-state index >= 15 is 0 Å². The molecule has 2 aromatic rings. The summed E-state index contributed by atoms with van der Waals surface area (Å²) in [5.41, 5.74) is 2.27. The molecule has 1 aromatic heterocycles. The lowest BCUT2D eigenvalue weighted by molar-refractivity contribution is 0.354. The topological polar surface area (TPSA) is 43.4 Å². The predicted molar refractivity (Wildman–Crippen MR) is 86.4 cm³/mol. The number of aromatic nitrogens is 1. The lowest BCUT2D eigenvalue weighted by Crippen LogP contribution is -2.17. The van der Waals surface area contributed by atoms with Gasteiger partial charge in [-0.05, 0) is 42.8 Å². The van der Waals surface area contributed by atoms with Crippen molar-refractivity contribution >= 4 is 12.4 Å². The average Bonchev–Trinajstić information content (AvgIpc) is 2.52. The molecule has 0 radical (unpaired) electrons. The number of rotatable bonds is 7. The molecule has 0 fully saturated rings. The third-order valence-electron chi connectivity index (χ3n) is 3.07. The Bertz CT molecular complexity index is 535. The summed E-state index contributed by atoms with van der Waals surface area (Å²) in [5, 5.41) is 3.38. The largest absolute Gasteiger partial charge is 0.493 e. The zero-order chi connectivity index (χ0) is 14.2. The summed E-state index contributed by atoms with van der Waals surface area (Å²) in [5.74, 6) is 1.53. The number of ether oxygens (including phenoxy) is 2. The number of pyridine rings is 1. The Balaban J connectivity index is 0.00000220. The van der Waals surface area contributed by atoms with Crippen LogP contribution in [0.25, 0.3) is 0 Å². The Labute approximate surface area is 131 Å². The molecule has 21 heavy (non-hydrogen) atoms. The van der Waals surface area contributed by atoms with E-state index < -0.39 is 0 Å². The summed E-state index contributed by atoms with van der Waals surface area (Å²) in [6.07, 6.45) is 2.75. The van der Waals surface area contributed by atoms with E-state index in [0.29, 0.717) is 0 Å². The van der Waals surface area contributed by atoms with Gasteiger partial charge >= 0.3 is 0 Å². The highest BCUT2D eigenvalue weighted by atomic mass is 35.5. The smallest absolute Gasteiger partial charge is 0.160 e. The Morgan fingerprint density at radius 2 is 1.86 bits per heavy atom. The van der Waals surface area contributed by atoms with Crippen molar-refractivity contribution in [2.75, 3.05) is 20.8 Å². The summed E-state index contributed by atoms with van der Waals surface area (Å²) in [7, 11) is 3.30. The minimum absolute atomic E-state index is 0. The van der Waals surface area contributed by atoms with Crippen LogP contribution in [0.5, 0.6) is 11.5 Å². The second kappa shape index (κ2) is 9.21. The van der Waals surface area contributed by atoms with Gasteiger partial charge in [0, 0.05) is 12.7 Å². The molecule has 1 aromatic carbocycles. The van der Waals surface area contributed by atoms with Gasteiger partial charge in [0.25, 0.3) is 0 Å². The van der Waals surface area contributed by atoms with Gasteiger partial charge in [-0.25, -0.2) is 0 Å². The van der Waals surface area contributed by atoms with Crippen LogP contribution < -0.4 is 14.8 Å². The molecule has 0 saturated carbocycles. The van der Waals surface area contributed by atoms with Crippen LogP contribution >= 0.6 is 12.4 Å². The van der Waals surface area contributed by atoms with E-state index in [0.717, 1.165) is 36.7 Å². The summed E-state index contributed by atoms with van der Waals surface area (Å²) < 4.78 is 10.5. The molecule has 4 nitrogen and oxygen atoms in total. The first-order chi connectivity index (χ1) is 9.83. The third kappa shape index (κ3) is 5.25. The predicted octanol–water partition coefficient (Wildman–Crippen LogP) is 2.85. The SMILES string of the molecule is COc1ccc(CCNCc2ccccn2)cc1OC.Cl. The molecule has 0 bridgehead atoms. The molecule has 0 saturated heterocycles. The normalized spacial score (nSPS) is 9.81. The standard InChI is InChI=1S/C16H20N2O2.ClH/c1-19-15-7-6-13(11-16(15)20-2)8-10-17-12-14-5-3-4-9-18-14;/h3-7,9,11,17H,8,10,12H2,1-2H3;1H. The molecule has 0 aliphatic rings. The van der Waals surface area contributed by atoms with Gasteiger partial charge in [0.1, 0.15) is 0 Å². The van der Waals surface area contributed by atoms with Crippen LogP contribution in [-0.2, 0) is 13.0 Å². The Kier molecular flexibility index (Phi) is 7.58. The maximum atomic E-state index is 5.30. The summed E-state index contributed by atoms with van der Waals surface area (Å²) >= 11 is 0. The number of hydrogen-bond acceptors (Lipinski definition) is 4. The van der Waals surface area contributed by atoms with Crippen molar-refractivity contribution < 1.29 is 9.47 Å². The second-order valence-electron chi connectivity index (χ2n) is 4.44. The van der Waals surface area contributed by atoms with E-state index in [9.17, 15) is 0 Å². The van der Waals surface area contributed by atoms with E-state index in [1.165, 1.54) is 5.56 Å². The van der Waals surface area contributed by atoms with Crippen LogP contribution in [0.1, 0.15) is 11.3 Å². The molecule has 0 aliphatic heterocycles. The summed E-state index contributed by atoms with van der Waals surface area (Å²) in [6, 6.07) is 12.0. The van der Waals surface area contributed by atoms with Crippen LogP contribution in [0.3, 0.4) is 0 Å². The fourth-order valence-electron chi connectivity index (χ4n) is 1.99. The molecule has 0 amide bonds. The quantitative estimate of drug-likeness (QED) is 0.799. The van der Waals surface area contributed by atoms with Crippen molar-refractivity contribution in [2.24, 2.45) is 0 Å². The fourth-order valence-corrected chi connectivity index (χ4v) is 1.99. The maximum absolute atomic E-state index is 5.30. The highest BCUT2D eigenvalue weighted by Gasteiger charge is 2.04. The van der Waals surface area contributed by atoms with Crippen molar-refractivity contribution in [3.05, 3.63) is 53.9 Å². The van der Waals surface area contributed by atoms with Crippen molar-refractivity contribution in [1.82, 2.24) is 10.3 Å². The Morgan fingerprint density at radius 3 is 2.52 bits per heavy atom. The Hall–Kier alpha value is -1.78. The number of nitrogens with zero attached hydrogens (tertiary/aromatic N) is 1. The second-order valence-corrected chi connectivity index (χ2v) is 4.44. The van der Waals surface area contributed by atoms with Crippen LogP contribution in [0.4, 0.5) is 0 Å². The lowest BCUT2D eigenvalue weighted by Gasteiger charge is -2.10. The van der Waals surface area contributed by atoms with E-state index in [1.807, 2.05) is 36.5 Å². The van der Waals surface area contributed by atoms with Gasteiger partial charge in [0.05, 0.1) is 19.9 Å². The van der Waals surface area contributed by atoms with Crippen molar-refractivity contribution in [3.63, 3.8) is 0 Å². The van der Waals surface area contributed by atoms with Gasteiger partial charge in [0.15, 0.2) is 11.5 Å². The number of halogens is 1. The van der Waals surface area contributed by atoms with E-state index in [1.54, 1.807) is 14.2 Å². The maximum Gasteiger partial charge on any atom is 0.160 e. The summed E-state index contributed by atoms with van der Waals surface area (Å²) in [4.78, 5) is 4.27. The molecule has 2 rings (SSSR count). The first-order valence-corrected chi connectivity index (χ1v) is 6.65. The third-order valence-corrected chi connectivity index (χ3v) is 3.07. The molecule has 1 N–H and O–H groups in total.